The molecule has 0 rings (SSSR count). The van der Waals surface area contributed by atoms with Crippen molar-refractivity contribution in [1.29, 1.82) is 0 Å². The molecule has 90 valence electrons. The number of carbonyl (C=O) groups excluding carboxylic acids is 1. The summed E-state index contributed by atoms with van der Waals surface area (Å²) in [6, 6.07) is 0. The van der Waals surface area contributed by atoms with E-state index in [0.717, 1.165) is 18.7 Å². The summed E-state index contributed by atoms with van der Waals surface area (Å²) in [5.74, 6) is -3.60. The molecule has 0 bridgehead atoms. The van der Waals surface area contributed by atoms with Crippen molar-refractivity contribution in [3.8, 4) is 0 Å². The molecular formula is C9H14F4OS. The van der Waals surface area contributed by atoms with Gasteiger partial charge in [-0.2, -0.15) is 0 Å². The predicted octanol–water partition coefficient (Wildman–Crippen LogP) is 3.38. The number of hydrogen-bond acceptors (Lipinski definition) is 2. The molecule has 0 spiro atoms. The molecule has 0 aliphatic carbocycles. The summed E-state index contributed by atoms with van der Waals surface area (Å²) in [5.41, 5.74) is 0. The fraction of sp³-hybridized carbons (Fsp3) is 0.889. The van der Waals surface area contributed by atoms with Crippen LogP contribution in [0.2, 0.25) is 0 Å². The quantitative estimate of drug-likeness (QED) is 0.668. The molecule has 6 heteroatoms. The van der Waals surface area contributed by atoms with E-state index in [9.17, 15) is 22.4 Å². The maximum absolute atomic E-state index is 12.9. The Labute approximate surface area is 90.6 Å². The van der Waals surface area contributed by atoms with Gasteiger partial charge in [0.25, 0.3) is 5.92 Å². The average Bonchev–Trinajstić information content (AvgIpc) is 2.15. The number of thioether (sulfide) groups is 1. The van der Waals surface area contributed by atoms with Gasteiger partial charge in [0.1, 0.15) is 6.17 Å². The summed E-state index contributed by atoms with van der Waals surface area (Å²) in [5, 5.41) is -0.236. The van der Waals surface area contributed by atoms with Crippen molar-refractivity contribution in [1.82, 2.24) is 0 Å². The molecule has 0 saturated heterocycles. The molecule has 2 atom stereocenters. The van der Waals surface area contributed by atoms with Crippen molar-refractivity contribution < 1.29 is 22.4 Å². The third-order valence-electron chi connectivity index (χ3n) is 1.89. The first-order chi connectivity index (χ1) is 6.81. The van der Waals surface area contributed by atoms with Gasteiger partial charge in [0.05, 0.1) is 0 Å². The van der Waals surface area contributed by atoms with Crippen LogP contribution in [0.3, 0.4) is 0 Å². The van der Waals surface area contributed by atoms with E-state index < -0.39 is 24.7 Å². The fourth-order valence-electron chi connectivity index (χ4n) is 0.921. The van der Waals surface area contributed by atoms with Crippen LogP contribution in [-0.4, -0.2) is 29.1 Å². The number of alkyl halides is 4. The molecule has 1 nitrogen and oxygen atoms in total. The smallest absolute Gasteiger partial charge is 0.281 e. The van der Waals surface area contributed by atoms with E-state index in [0.29, 0.717) is 0 Å². The van der Waals surface area contributed by atoms with Crippen LogP contribution in [0.1, 0.15) is 26.7 Å². The molecule has 2 unspecified atom stereocenters. The Kier molecular flexibility index (Phi) is 6.24. The van der Waals surface area contributed by atoms with Crippen molar-refractivity contribution in [3.05, 3.63) is 0 Å². The van der Waals surface area contributed by atoms with Gasteiger partial charge in [-0.3, -0.25) is 4.79 Å². The highest BCUT2D eigenvalue weighted by Gasteiger charge is 2.43. The summed E-state index contributed by atoms with van der Waals surface area (Å²) >= 11 is 0.805. The topological polar surface area (TPSA) is 17.1 Å². The van der Waals surface area contributed by atoms with E-state index >= 15 is 0 Å². The monoisotopic (exact) mass is 246 g/mol. The predicted molar refractivity (Wildman–Crippen MR) is 52.8 cm³/mol. The van der Waals surface area contributed by atoms with Gasteiger partial charge in [0.2, 0.25) is 0 Å². The second-order valence-electron chi connectivity index (χ2n) is 3.16. The molecule has 0 N–H and O–H groups in total. The van der Waals surface area contributed by atoms with E-state index in [-0.39, 0.29) is 17.3 Å². The van der Waals surface area contributed by atoms with Gasteiger partial charge in [-0.15, -0.1) is 0 Å². The van der Waals surface area contributed by atoms with Gasteiger partial charge in [0.15, 0.2) is 11.3 Å². The first kappa shape index (κ1) is 14.7. The lowest BCUT2D eigenvalue weighted by Gasteiger charge is -2.21. The summed E-state index contributed by atoms with van der Waals surface area (Å²) in [7, 11) is 0. The van der Waals surface area contributed by atoms with Crippen molar-refractivity contribution in [3.63, 3.8) is 0 Å². The molecule has 0 amide bonds. The maximum Gasteiger partial charge on any atom is 0.281 e. The highest BCUT2D eigenvalue weighted by Crippen LogP contribution is 2.30. The van der Waals surface area contributed by atoms with Crippen LogP contribution in [0.4, 0.5) is 17.6 Å². The molecule has 0 aliphatic heterocycles. The van der Waals surface area contributed by atoms with Crippen LogP contribution < -0.4 is 0 Å². The number of rotatable bonds is 6. The molecule has 0 aromatic carbocycles. The molecule has 15 heavy (non-hydrogen) atoms. The lowest BCUT2D eigenvalue weighted by molar-refractivity contribution is -0.109. The minimum Gasteiger partial charge on any atom is -0.288 e. The Morgan fingerprint density at radius 2 is 1.93 bits per heavy atom. The first-order valence-corrected chi connectivity index (χ1v) is 5.59. The zero-order chi connectivity index (χ0) is 12.1. The van der Waals surface area contributed by atoms with Crippen molar-refractivity contribution in [2.45, 2.75) is 45.0 Å². The lowest BCUT2D eigenvalue weighted by atomic mass is 10.1. The Hall–Kier alpha value is -0.260. The summed E-state index contributed by atoms with van der Waals surface area (Å²) in [6.07, 6.45) is -6.10. The summed E-state index contributed by atoms with van der Waals surface area (Å²) in [6.45, 7) is 2.38. The minimum atomic E-state index is -3.62. The Morgan fingerprint density at radius 1 is 1.40 bits per heavy atom. The van der Waals surface area contributed by atoms with Gasteiger partial charge < -0.3 is 0 Å². The fourth-order valence-corrected chi connectivity index (χ4v) is 1.55. The summed E-state index contributed by atoms with van der Waals surface area (Å²) < 4.78 is 51.2. The van der Waals surface area contributed by atoms with E-state index in [4.69, 9.17) is 0 Å². The Balaban J connectivity index is 3.99. The summed E-state index contributed by atoms with van der Waals surface area (Å²) in [4.78, 5) is 10.4. The van der Waals surface area contributed by atoms with Crippen molar-refractivity contribution in [2.24, 2.45) is 0 Å². The minimum absolute atomic E-state index is 0.0245. The van der Waals surface area contributed by atoms with Gasteiger partial charge in [-0.05, 0) is 6.42 Å². The molecule has 0 aliphatic rings. The highest BCUT2D eigenvalue weighted by molar-refractivity contribution is 8.13. The molecule has 0 aromatic rings. The molecule has 0 radical (unpaired) electrons. The van der Waals surface area contributed by atoms with Gasteiger partial charge in [-0.1, -0.05) is 18.7 Å². The zero-order valence-corrected chi connectivity index (χ0v) is 9.42. The number of halogens is 4. The molecule has 0 saturated carbocycles. The van der Waals surface area contributed by atoms with Gasteiger partial charge in [-0.25, -0.2) is 17.6 Å². The van der Waals surface area contributed by atoms with Gasteiger partial charge >= 0.3 is 0 Å². The second kappa shape index (κ2) is 6.35. The highest BCUT2D eigenvalue weighted by atomic mass is 32.2. The Bertz CT molecular complexity index is 210. The lowest BCUT2D eigenvalue weighted by Crippen LogP contribution is -2.37. The van der Waals surface area contributed by atoms with Crippen molar-refractivity contribution in [2.75, 3.05) is 5.75 Å². The van der Waals surface area contributed by atoms with Gasteiger partial charge in [0, 0.05) is 19.1 Å². The van der Waals surface area contributed by atoms with Crippen LogP contribution in [0.15, 0.2) is 0 Å². The zero-order valence-electron chi connectivity index (χ0n) is 8.60. The normalized spacial score (nSPS) is 16.1. The number of carbonyl (C=O) groups is 1. The van der Waals surface area contributed by atoms with Crippen molar-refractivity contribution >= 4 is 16.9 Å². The SMILES string of the molecule is CCC(F)(F)C(F)C(F)CCSC(C)=O. The largest absolute Gasteiger partial charge is 0.288 e. The van der Waals surface area contributed by atoms with Crippen LogP contribution in [0.5, 0.6) is 0 Å². The van der Waals surface area contributed by atoms with Crippen LogP contribution in [0.25, 0.3) is 0 Å². The molecule has 0 heterocycles. The first-order valence-electron chi connectivity index (χ1n) is 4.60. The van der Waals surface area contributed by atoms with Crippen LogP contribution >= 0.6 is 11.8 Å². The second-order valence-corrected chi connectivity index (χ2v) is 4.43. The molecule has 0 fully saturated rings. The molecular weight excluding hydrogens is 232 g/mol. The van der Waals surface area contributed by atoms with E-state index in [1.165, 1.54) is 6.92 Å². The van der Waals surface area contributed by atoms with E-state index in [2.05, 4.69) is 0 Å². The van der Waals surface area contributed by atoms with E-state index in [1.54, 1.807) is 0 Å². The van der Waals surface area contributed by atoms with Crippen LogP contribution in [-0.2, 0) is 4.79 Å². The standard InChI is InChI=1S/C9H14F4OS/c1-3-9(12,13)8(11)7(10)4-5-15-6(2)14/h7-8H,3-5H2,1-2H3. The average molecular weight is 246 g/mol. The Morgan fingerprint density at radius 3 is 2.33 bits per heavy atom. The van der Waals surface area contributed by atoms with Crippen LogP contribution in [0, 0.1) is 0 Å². The maximum atomic E-state index is 12.9. The number of hydrogen-bond donors (Lipinski definition) is 0. The third kappa shape index (κ3) is 5.39. The van der Waals surface area contributed by atoms with E-state index in [1.807, 2.05) is 0 Å². The third-order valence-corrected chi connectivity index (χ3v) is 2.74. The molecule has 0 aromatic heterocycles.